The van der Waals surface area contributed by atoms with Gasteiger partial charge in [0.05, 0.1) is 0 Å². The first kappa shape index (κ1) is 16.6. The number of nitrogens with zero attached hydrogens (tertiary/aromatic N) is 4. The van der Waals surface area contributed by atoms with Gasteiger partial charge in [-0.25, -0.2) is 0 Å². The minimum absolute atomic E-state index is 0. The van der Waals surface area contributed by atoms with E-state index < -0.39 is 0 Å². The molecule has 1 fully saturated rings. The zero-order valence-corrected chi connectivity index (χ0v) is 13.9. The van der Waals surface area contributed by atoms with Crippen LogP contribution in [-0.2, 0) is 7.05 Å². The monoisotopic (exact) mass is 322 g/mol. The second kappa shape index (κ2) is 7.01. The van der Waals surface area contributed by atoms with Gasteiger partial charge in [-0.15, -0.1) is 22.6 Å². The minimum Gasteiger partial charge on any atom is -0.508 e. The lowest BCUT2D eigenvalue weighted by Gasteiger charge is -2.22. The lowest BCUT2D eigenvalue weighted by molar-refractivity contribution is 0.420. The highest BCUT2D eigenvalue weighted by molar-refractivity contribution is 5.85. The maximum Gasteiger partial charge on any atom is 0.231 e. The molecule has 22 heavy (non-hydrogen) atoms. The Hall–Kier alpha value is -1.75. The first-order chi connectivity index (χ1) is 10.2. The summed E-state index contributed by atoms with van der Waals surface area (Å²) in [6.45, 7) is 0. The van der Waals surface area contributed by atoms with Gasteiger partial charge in [-0.3, -0.25) is 4.57 Å². The van der Waals surface area contributed by atoms with Crippen LogP contribution in [0.25, 0.3) is 0 Å². The van der Waals surface area contributed by atoms with Crippen LogP contribution in [0, 0.1) is 0 Å². The summed E-state index contributed by atoms with van der Waals surface area (Å²) in [7, 11) is 4.01. The van der Waals surface area contributed by atoms with Crippen LogP contribution in [0.5, 0.6) is 5.75 Å². The summed E-state index contributed by atoms with van der Waals surface area (Å²) in [5.41, 5.74) is 0.985. The number of benzene rings is 1. The summed E-state index contributed by atoms with van der Waals surface area (Å²) in [4.78, 5) is 2.00. The Labute approximate surface area is 137 Å². The number of aromatic nitrogens is 3. The number of halogens is 1. The number of phenolic OH excluding ortho intramolecular Hbond substituents is 1. The highest BCUT2D eigenvalue weighted by atomic mass is 35.5. The SMILES string of the molecule is CN(c1ccc(O)cc1)c1nnc(C2CCCCC2)n1C.Cl. The molecule has 3 rings (SSSR count). The van der Waals surface area contributed by atoms with Crippen molar-refractivity contribution in [3.63, 3.8) is 0 Å². The van der Waals surface area contributed by atoms with Gasteiger partial charge in [0.2, 0.25) is 5.95 Å². The molecule has 0 unspecified atom stereocenters. The second-order valence-electron chi connectivity index (χ2n) is 5.83. The van der Waals surface area contributed by atoms with Crippen molar-refractivity contribution in [3.8, 4) is 5.75 Å². The Morgan fingerprint density at radius 2 is 1.73 bits per heavy atom. The fourth-order valence-electron chi connectivity index (χ4n) is 3.13. The van der Waals surface area contributed by atoms with E-state index in [2.05, 4.69) is 14.8 Å². The van der Waals surface area contributed by atoms with Gasteiger partial charge in [0, 0.05) is 25.7 Å². The molecular weight excluding hydrogens is 300 g/mol. The highest BCUT2D eigenvalue weighted by Crippen LogP contribution is 2.33. The topological polar surface area (TPSA) is 54.2 Å². The summed E-state index contributed by atoms with van der Waals surface area (Å²) >= 11 is 0. The van der Waals surface area contributed by atoms with Gasteiger partial charge in [0.15, 0.2) is 0 Å². The van der Waals surface area contributed by atoms with E-state index in [0.29, 0.717) is 5.92 Å². The van der Waals surface area contributed by atoms with Crippen LogP contribution in [0.3, 0.4) is 0 Å². The molecule has 1 saturated carbocycles. The van der Waals surface area contributed by atoms with Crippen molar-refractivity contribution in [2.24, 2.45) is 7.05 Å². The molecule has 1 aromatic heterocycles. The number of phenols is 1. The molecule has 6 heteroatoms. The van der Waals surface area contributed by atoms with Crippen LogP contribution < -0.4 is 4.90 Å². The molecule has 1 aliphatic rings. The van der Waals surface area contributed by atoms with Crippen LogP contribution >= 0.6 is 12.4 Å². The van der Waals surface area contributed by atoms with Gasteiger partial charge in [-0.05, 0) is 37.1 Å². The third-order valence-electron chi connectivity index (χ3n) is 4.39. The van der Waals surface area contributed by atoms with E-state index in [4.69, 9.17) is 0 Å². The van der Waals surface area contributed by atoms with E-state index >= 15 is 0 Å². The Bertz CT molecular complexity index is 605. The van der Waals surface area contributed by atoms with Crippen molar-refractivity contribution < 1.29 is 5.11 Å². The zero-order chi connectivity index (χ0) is 14.8. The Kier molecular flexibility index (Phi) is 5.29. The average Bonchev–Trinajstić information content (AvgIpc) is 2.90. The number of hydrogen-bond donors (Lipinski definition) is 1. The fourth-order valence-corrected chi connectivity index (χ4v) is 3.13. The first-order valence-electron chi connectivity index (χ1n) is 7.59. The van der Waals surface area contributed by atoms with Gasteiger partial charge in [-0.2, -0.15) is 0 Å². The Morgan fingerprint density at radius 3 is 2.36 bits per heavy atom. The van der Waals surface area contributed by atoms with E-state index in [0.717, 1.165) is 17.5 Å². The quantitative estimate of drug-likeness (QED) is 0.934. The summed E-state index contributed by atoms with van der Waals surface area (Å²) in [5.74, 6) is 2.74. The zero-order valence-electron chi connectivity index (χ0n) is 13.1. The largest absolute Gasteiger partial charge is 0.508 e. The van der Waals surface area contributed by atoms with Crippen LogP contribution in [-0.4, -0.2) is 26.9 Å². The van der Waals surface area contributed by atoms with Gasteiger partial charge in [-0.1, -0.05) is 19.3 Å². The van der Waals surface area contributed by atoms with Crippen LogP contribution in [0.2, 0.25) is 0 Å². The van der Waals surface area contributed by atoms with Gasteiger partial charge in [0.1, 0.15) is 11.6 Å². The lowest BCUT2D eigenvalue weighted by Crippen LogP contribution is -2.16. The molecule has 0 atom stereocenters. The van der Waals surface area contributed by atoms with Crippen molar-refractivity contribution in [1.82, 2.24) is 14.8 Å². The summed E-state index contributed by atoms with van der Waals surface area (Å²) in [5, 5.41) is 18.2. The standard InChI is InChI=1S/C16H22N4O.ClH/c1-19(13-8-10-14(21)11-9-13)16-18-17-15(20(16)2)12-6-4-3-5-7-12;/h8-12,21H,3-7H2,1-2H3;1H. The highest BCUT2D eigenvalue weighted by Gasteiger charge is 2.23. The molecule has 0 spiro atoms. The molecule has 2 aromatic rings. The summed E-state index contributed by atoms with van der Waals surface area (Å²) in [6.07, 6.45) is 6.36. The molecule has 1 heterocycles. The number of aromatic hydroxyl groups is 1. The van der Waals surface area contributed by atoms with Crippen LogP contribution in [0.4, 0.5) is 11.6 Å². The molecule has 0 amide bonds. The van der Waals surface area contributed by atoms with E-state index in [1.54, 1.807) is 12.1 Å². The first-order valence-corrected chi connectivity index (χ1v) is 7.59. The van der Waals surface area contributed by atoms with Crippen molar-refractivity contribution in [2.45, 2.75) is 38.0 Å². The number of anilines is 2. The summed E-state index contributed by atoms with van der Waals surface area (Å²) < 4.78 is 2.10. The van der Waals surface area contributed by atoms with Gasteiger partial charge in [0.25, 0.3) is 0 Å². The Balaban J connectivity index is 0.00000176. The maximum absolute atomic E-state index is 9.39. The third kappa shape index (κ3) is 3.19. The molecule has 1 aromatic carbocycles. The number of hydrogen-bond acceptors (Lipinski definition) is 4. The maximum atomic E-state index is 9.39. The molecule has 0 saturated heterocycles. The molecule has 5 nitrogen and oxygen atoms in total. The molecule has 120 valence electrons. The van der Waals surface area contributed by atoms with Crippen molar-refractivity contribution >= 4 is 24.0 Å². The van der Waals surface area contributed by atoms with E-state index in [9.17, 15) is 5.11 Å². The van der Waals surface area contributed by atoms with Crippen molar-refractivity contribution in [2.75, 3.05) is 11.9 Å². The molecule has 1 N–H and O–H groups in total. The molecule has 0 aliphatic heterocycles. The predicted molar refractivity (Wildman–Crippen MR) is 90.2 cm³/mol. The van der Waals surface area contributed by atoms with Crippen molar-refractivity contribution in [3.05, 3.63) is 30.1 Å². The average molecular weight is 323 g/mol. The second-order valence-corrected chi connectivity index (χ2v) is 5.83. The van der Waals surface area contributed by atoms with Gasteiger partial charge >= 0.3 is 0 Å². The Morgan fingerprint density at radius 1 is 1.09 bits per heavy atom. The van der Waals surface area contributed by atoms with Gasteiger partial charge < -0.3 is 10.0 Å². The molecule has 0 radical (unpaired) electrons. The van der Waals surface area contributed by atoms with E-state index in [1.807, 2.05) is 31.1 Å². The predicted octanol–water partition coefficient (Wildman–Crippen LogP) is 3.76. The molecule has 1 aliphatic carbocycles. The van der Waals surface area contributed by atoms with Crippen molar-refractivity contribution in [1.29, 1.82) is 0 Å². The van der Waals surface area contributed by atoms with E-state index in [1.165, 1.54) is 32.1 Å². The lowest BCUT2D eigenvalue weighted by atomic mass is 9.89. The fraction of sp³-hybridized carbons (Fsp3) is 0.500. The summed E-state index contributed by atoms with van der Waals surface area (Å²) in [6, 6.07) is 7.13. The molecule has 0 bridgehead atoms. The van der Waals surface area contributed by atoms with E-state index in [-0.39, 0.29) is 18.2 Å². The van der Waals surface area contributed by atoms with Crippen LogP contribution in [0.15, 0.2) is 24.3 Å². The normalized spacial score (nSPS) is 15.4. The minimum atomic E-state index is 0. The smallest absolute Gasteiger partial charge is 0.231 e. The number of rotatable bonds is 3. The third-order valence-corrected chi connectivity index (χ3v) is 4.39. The van der Waals surface area contributed by atoms with Crippen LogP contribution in [0.1, 0.15) is 43.8 Å². The molecular formula is C16H23ClN4O.